The van der Waals surface area contributed by atoms with Gasteiger partial charge < -0.3 is 14.4 Å². The Hall–Kier alpha value is -1.66. The number of morpholine rings is 1. The third-order valence-corrected chi connectivity index (χ3v) is 5.73. The van der Waals surface area contributed by atoms with E-state index >= 15 is 0 Å². The van der Waals surface area contributed by atoms with E-state index in [4.69, 9.17) is 9.47 Å². The van der Waals surface area contributed by atoms with Crippen molar-refractivity contribution in [2.24, 2.45) is 5.92 Å². The van der Waals surface area contributed by atoms with Crippen LogP contribution in [0.3, 0.4) is 0 Å². The zero-order valence-electron chi connectivity index (χ0n) is 14.6. The summed E-state index contributed by atoms with van der Waals surface area (Å²) in [5.74, 6) is 0.875. The summed E-state index contributed by atoms with van der Waals surface area (Å²) in [4.78, 5) is 17.4. The van der Waals surface area contributed by atoms with E-state index in [2.05, 4.69) is 11.8 Å². The molecule has 6 heteroatoms. The summed E-state index contributed by atoms with van der Waals surface area (Å²) < 4.78 is 24.6. The molecule has 3 aliphatic rings. The quantitative estimate of drug-likeness (QED) is 0.834. The summed E-state index contributed by atoms with van der Waals surface area (Å²) in [6.07, 6.45) is 1.00. The molecule has 0 aliphatic carbocycles. The smallest absolute Gasteiger partial charge is 0.264 e. The van der Waals surface area contributed by atoms with Crippen LogP contribution in [-0.4, -0.2) is 67.2 Å². The highest BCUT2D eigenvalue weighted by molar-refractivity contribution is 5.83. The molecule has 136 valence electrons. The lowest BCUT2D eigenvalue weighted by Crippen LogP contribution is -2.48. The van der Waals surface area contributed by atoms with Gasteiger partial charge in [0.25, 0.3) is 5.91 Å². The van der Waals surface area contributed by atoms with Crippen LogP contribution in [0.2, 0.25) is 0 Å². The Balaban J connectivity index is 1.43. The molecule has 3 aliphatic heterocycles. The molecule has 4 rings (SSSR count). The Morgan fingerprint density at radius 1 is 1.28 bits per heavy atom. The first kappa shape index (κ1) is 16.8. The number of likely N-dealkylation sites (tertiary alicyclic amines) is 1. The Kier molecular flexibility index (Phi) is 4.65. The lowest BCUT2D eigenvalue weighted by atomic mass is 9.99. The number of halogens is 1. The number of carbonyl (C=O) groups excluding carboxylic acids is 1. The lowest BCUT2D eigenvalue weighted by Gasteiger charge is -2.34. The minimum Gasteiger partial charge on any atom is -0.480 e. The van der Waals surface area contributed by atoms with Crippen LogP contribution in [0, 0.1) is 11.7 Å². The van der Waals surface area contributed by atoms with Crippen molar-refractivity contribution in [3.8, 4) is 5.75 Å². The number of fused-ring (bicyclic) bond motifs is 1. The number of ether oxygens (including phenoxy) is 2. The van der Waals surface area contributed by atoms with Gasteiger partial charge in [-0.2, -0.15) is 0 Å². The van der Waals surface area contributed by atoms with E-state index in [0.717, 1.165) is 51.4 Å². The van der Waals surface area contributed by atoms with Crippen LogP contribution < -0.4 is 4.74 Å². The Morgan fingerprint density at radius 2 is 2.08 bits per heavy atom. The molecule has 0 N–H and O–H groups in total. The molecular weight excluding hydrogens is 323 g/mol. The van der Waals surface area contributed by atoms with Crippen molar-refractivity contribution in [3.63, 3.8) is 0 Å². The molecule has 2 fully saturated rings. The molecule has 1 amide bonds. The highest BCUT2D eigenvalue weighted by Gasteiger charge is 2.41. The van der Waals surface area contributed by atoms with Gasteiger partial charge in [-0.1, -0.05) is 13.3 Å². The number of amides is 1. The normalized spacial score (nSPS) is 29.5. The van der Waals surface area contributed by atoms with Gasteiger partial charge in [0.05, 0.1) is 13.2 Å². The van der Waals surface area contributed by atoms with Gasteiger partial charge in [0.2, 0.25) is 0 Å². The number of carbonyl (C=O) groups is 1. The van der Waals surface area contributed by atoms with Crippen molar-refractivity contribution < 1.29 is 18.7 Å². The van der Waals surface area contributed by atoms with E-state index in [-0.39, 0.29) is 11.7 Å². The molecule has 0 spiro atoms. The molecular formula is C19H25FN2O3. The summed E-state index contributed by atoms with van der Waals surface area (Å²) >= 11 is 0. The first-order valence-corrected chi connectivity index (χ1v) is 9.21. The largest absolute Gasteiger partial charge is 0.480 e. The first-order valence-electron chi connectivity index (χ1n) is 9.21. The zero-order valence-corrected chi connectivity index (χ0v) is 14.6. The second-order valence-electron chi connectivity index (χ2n) is 7.19. The van der Waals surface area contributed by atoms with Crippen molar-refractivity contribution in [2.75, 3.05) is 39.4 Å². The minimum atomic E-state index is -0.516. The zero-order chi connectivity index (χ0) is 17.4. The van der Waals surface area contributed by atoms with Crippen molar-refractivity contribution in [1.29, 1.82) is 0 Å². The SMILES string of the molecule is CCC1CN(C(=O)C2Cc3cc(F)ccc3O2)CC1N1CCOCC1. The van der Waals surface area contributed by atoms with Gasteiger partial charge in [-0.3, -0.25) is 9.69 Å². The maximum absolute atomic E-state index is 13.4. The van der Waals surface area contributed by atoms with Crippen LogP contribution in [0.4, 0.5) is 4.39 Å². The van der Waals surface area contributed by atoms with E-state index in [1.807, 2.05) is 4.90 Å². The van der Waals surface area contributed by atoms with Gasteiger partial charge in [0.1, 0.15) is 11.6 Å². The fraction of sp³-hybridized carbons (Fsp3) is 0.632. The molecule has 25 heavy (non-hydrogen) atoms. The maximum Gasteiger partial charge on any atom is 0.264 e. The van der Waals surface area contributed by atoms with Crippen molar-refractivity contribution in [2.45, 2.75) is 31.9 Å². The van der Waals surface area contributed by atoms with Gasteiger partial charge in [-0.15, -0.1) is 0 Å². The molecule has 0 aromatic heterocycles. The van der Waals surface area contributed by atoms with Crippen molar-refractivity contribution in [1.82, 2.24) is 9.80 Å². The molecule has 1 aromatic rings. The first-order chi connectivity index (χ1) is 12.2. The van der Waals surface area contributed by atoms with Crippen molar-refractivity contribution >= 4 is 5.91 Å². The Labute approximate surface area is 147 Å². The van der Waals surface area contributed by atoms with E-state index in [0.29, 0.717) is 24.1 Å². The van der Waals surface area contributed by atoms with Crippen molar-refractivity contribution in [3.05, 3.63) is 29.6 Å². The second-order valence-corrected chi connectivity index (χ2v) is 7.19. The summed E-state index contributed by atoms with van der Waals surface area (Å²) in [6, 6.07) is 4.87. The lowest BCUT2D eigenvalue weighted by molar-refractivity contribution is -0.137. The van der Waals surface area contributed by atoms with E-state index in [9.17, 15) is 9.18 Å². The molecule has 3 unspecified atom stereocenters. The molecule has 3 heterocycles. The topological polar surface area (TPSA) is 42.0 Å². The Morgan fingerprint density at radius 3 is 2.84 bits per heavy atom. The van der Waals surface area contributed by atoms with Gasteiger partial charge >= 0.3 is 0 Å². The number of rotatable bonds is 3. The van der Waals surface area contributed by atoms with Gasteiger partial charge in [-0.25, -0.2) is 4.39 Å². The molecule has 5 nitrogen and oxygen atoms in total. The minimum absolute atomic E-state index is 0.0332. The van der Waals surface area contributed by atoms with Gasteiger partial charge in [0, 0.05) is 44.2 Å². The maximum atomic E-state index is 13.4. The molecule has 1 aromatic carbocycles. The second kappa shape index (κ2) is 6.92. The van der Waals surface area contributed by atoms with Crippen LogP contribution in [0.1, 0.15) is 18.9 Å². The van der Waals surface area contributed by atoms with Crippen LogP contribution in [-0.2, 0) is 16.0 Å². The predicted octanol–water partition coefficient (Wildman–Crippen LogP) is 1.70. The third-order valence-electron chi connectivity index (χ3n) is 5.73. The summed E-state index contributed by atoms with van der Waals surface area (Å²) in [5, 5.41) is 0. The van der Waals surface area contributed by atoms with E-state index in [1.165, 1.54) is 12.1 Å². The average molecular weight is 348 g/mol. The van der Waals surface area contributed by atoms with Crippen LogP contribution >= 0.6 is 0 Å². The summed E-state index contributed by atoms with van der Waals surface area (Å²) in [5.41, 5.74) is 0.786. The average Bonchev–Trinajstić information content (AvgIpc) is 3.25. The number of hydrogen-bond donors (Lipinski definition) is 0. The van der Waals surface area contributed by atoms with Gasteiger partial charge in [-0.05, 0) is 24.1 Å². The van der Waals surface area contributed by atoms with E-state index in [1.54, 1.807) is 6.07 Å². The predicted molar refractivity (Wildman–Crippen MR) is 91.1 cm³/mol. The van der Waals surface area contributed by atoms with Crippen LogP contribution in [0.25, 0.3) is 0 Å². The van der Waals surface area contributed by atoms with E-state index < -0.39 is 6.10 Å². The fourth-order valence-corrected chi connectivity index (χ4v) is 4.32. The summed E-state index contributed by atoms with van der Waals surface area (Å²) in [6.45, 7) is 7.14. The fourth-order valence-electron chi connectivity index (χ4n) is 4.32. The summed E-state index contributed by atoms with van der Waals surface area (Å²) in [7, 11) is 0. The third kappa shape index (κ3) is 3.25. The standard InChI is InChI=1S/C19H25FN2O3/c1-2-13-11-22(12-16(13)21-5-7-24-8-6-21)19(23)18-10-14-9-15(20)3-4-17(14)25-18/h3-4,9,13,16,18H,2,5-8,10-12H2,1H3. The number of benzene rings is 1. The number of hydrogen-bond acceptors (Lipinski definition) is 4. The molecule has 0 saturated carbocycles. The van der Waals surface area contributed by atoms with Crippen LogP contribution in [0.15, 0.2) is 18.2 Å². The number of nitrogens with zero attached hydrogens (tertiary/aromatic N) is 2. The molecule has 2 saturated heterocycles. The highest BCUT2D eigenvalue weighted by Crippen LogP contribution is 2.32. The van der Waals surface area contributed by atoms with Gasteiger partial charge in [0.15, 0.2) is 6.10 Å². The molecule has 0 radical (unpaired) electrons. The Bertz CT molecular complexity index is 648. The monoisotopic (exact) mass is 348 g/mol. The molecule has 3 atom stereocenters. The molecule has 0 bridgehead atoms. The highest BCUT2D eigenvalue weighted by atomic mass is 19.1. The van der Waals surface area contributed by atoms with Crippen LogP contribution in [0.5, 0.6) is 5.75 Å².